The summed E-state index contributed by atoms with van der Waals surface area (Å²) >= 11 is 0. The van der Waals surface area contributed by atoms with Gasteiger partial charge in [-0.05, 0) is 19.8 Å². The first-order chi connectivity index (χ1) is 8.93. The van der Waals surface area contributed by atoms with Gasteiger partial charge in [0.15, 0.2) is 0 Å². The number of carbonyl (C=O) groups excluding carboxylic acids is 1. The average Bonchev–Trinajstić information content (AvgIpc) is 2.93. The maximum absolute atomic E-state index is 12.2. The van der Waals surface area contributed by atoms with Gasteiger partial charge < -0.3 is 10.0 Å². The Kier molecular flexibility index (Phi) is 3.19. The Morgan fingerprint density at radius 3 is 2.84 bits per heavy atom. The first-order valence-electron chi connectivity index (χ1n) is 5.66. The van der Waals surface area contributed by atoms with Crippen molar-refractivity contribution in [3.63, 3.8) is 0 Å². The molecule has 9 nitrogen and oxygen atoms in total. The van der Waals surface area contributed by atoms with Gasteiger partial charge >= 0.3 is 11.7 Å². The van der Waals surface area contributed by atoms with Crippen LogP contribution in [-0.4, -0.2) is 49.6 Å². The van der Waals surface area contributed by atoms with Gasteiger partial charge in [0.25, 0.3) is 5.91 Å². The molecule has 19 heavy (non-hydrogen) atoms. The number of rotatable bonds is 3. The summed E-state index contributed by atoms with van der Waals surface area (Å²) in [5, 5.41) is 25.9. The predicted octanol–water partition coefficient (Wildman–Crippen LogP) is 0.316. The number of aliphatic carboxylic acids is 1. The molecule has 102 valence electrons. The van der Waals surface area contributed by atoms with Crippen LogP contribution in [0.1, 0.15) is 29.0 Å². The van der Waals surface area contributed by atoms with Gasteiger partial charge in [-0.3, -0.25) is 20.0 Å². The second-order valence-electron chi connectivity index (χ2n) is 4.30. The number of carboxylic acids is 1. The van der Waals surface area contributed by atoms with Crippen molar-refractivity contribution in [1.82, 2.24) is 15.1 Å². The number of nitrogens with one attached hydrogen (secondary N) is 1. The Morgan fingerprint density at radius 2 is 2.26 bits per heavy atom. The van der Waals surface area contributed by atoms with Gasteiger partial charge in [0.05, 0.1) is 4.92 Å². The van der Waals surface area contributed by atoms with Gasteiger partial charge in [-0.25, -0.2) is 4.79 Å². The maximum Gasteiger partial charge on any atom is 0.326 e. The van der Waals surface area contributed by atoms with Crippen LogP contribution in [0.15, 0.2) is 0 Å². The van der Waals surface area contributed by atoms with Crippen molar-refractivity contribution in [2.75, 3.05) is 6.54 Å². The van der Waals surface area contributed by atoms with E-state index in [9.17, 15) is 19.7 Å². The minimum absolute atomic E-state index is 0.166. The lowest BCUT2D eigenvalue weighted by molar-refractivity contribution is -0.385. The molecule has 1 aliphatic heterocycles. The summed E-state index contributed by atoms with van der Waals surface area (Å²) in [7, 11) is 0. The third kappa shape index (κ3) is 2.14. The van der Waals surface area contributed by atoms with Gasteiger partial charge in [-0.1, -0.05) is 0 Å². The van der Waals surface area contributed by atoms with E-state index >= 15 is 0 Å². The molecule has 2 rings (SSSR count). The van der Waals surface area contributed by atoms with Gasteiger partial charge in [-0.15, -0.1) is 0 Å². The highest BCUT2D eigenvalue weighted by Crippen LogP contribution is 2.25. The summed E-state index contributed by atoms with van der Waals surface area (Å²) in [6.45, 7) is 1.69. The van der Waals surface area contributed by atoms with E-state index in [1.807, 2.05) is 0 Å². The first kappa shape index (κ1) is 13.0. The van der Waals surface area contributed by atoms with Crippen LogP contribution in [0.2, 0.25) is 0 Å². The van der Waals surface area contributed by atoms with Crippen LogP contribution < -0.4 is 0 Å². The fourth-order valence-electron chi connectivity index (χ4n) is 2.20. The molecular weight excluding hydrogens is 256 g/mol. The molecule has 1 aromatic heterocycles. The molecule has 0 bridgehead atoms. The average molecular weight is 268 g/mol. The summed E-state index contributed by atoms with van der Waals surface area (Å²) < 4.78 is 0. The molecule has 0 aliphatic carbocycles. The van der Waals surface area contributed by atoms with E-state index in [-0.39, 0.29) is 17.9 Å². The number of aromatic nitrogens is 2. The summed E-state index contributed by atoms with van der Waals surface area (Å²) in [5.74, 6) is -1.83. The lowest BCUT2D eigenvalue weighted by Gasteiger charge is -2.19. The molecule has 1 saturated heterocycles. The summed E-state index contributed by atoms with van der Waals surface area (Å²) in [6.07, 6.45) is 0.901. The van der Waals surface area contributed by atoms with Crippen molar-refractivity contribution in [3.8, 4) is 0 Å². The van der Waals surface area contributed by atoms with Gasteiger partial charge in [-0.2, -0.15) is 5.10 Å². The van der Waals surface area contributed by atoms with E-state index in [4.69, 9.17) is 5.11 Å². The Labute approximate surface area is 107 Å². The van der Waals surface area contributed by atoms with Crippen molar-refractivity contribution in [2.45, 2.75) is 25.8 Å². The van der Waals surface area contributed by atoms with Crippen molar-refractivity contribution in [2.24, 2.45) is 0 Å². The number of hydrogen-bond donors (Lipinski definition) is 2. The highest BCUT2D eigenvalue weighted by atomic mass is 16.6. The summed E-state index contributed by atoms with van der Waals surface area (Å²) in [6, 6.07) is -0.941. The van der Waals surface area contributed by atoms with E-state index in [2.05, 4.69) is 10.2 Å². The Balaban J connectivity index is 2.35. The van der Waals surface area contributed by atoms with Gasteiger partial charge in [0.2, 0.25) is 5.69 Å². The van der Waals surface area contributed by atoms with Crippen LogP contribution in [0.3, 0.4) is 0 Å². The van der Waals surface area contributed by atoms with E-state index in [0.717, 1.165) is 4.90 Å². The number of aromatic amines is 1. The number of likely N-dealkylation sites (tertiary alicyclic amines) is 1. The molecule has 1 unspecified atom stereocenters. The third-order valence-electron chi connectivity index (χ3n) is 3.10. The summed E-state index contributed by atoms with van der Waals surface area (Å²) in [4.78, 5) is 34.5. The molecule has 2 N–H and O–H groups in total. The standard InChI is InChI=1S/C10H12N4O5/c1-5-8(14(18)19)7(12-11-5)9(15)13-4-2-3-6(13)10(16)17/h6H,2-4H2,1H3,(H,11,12)(H,16,17). The monoisotopic (exact) mass is 268 g/mol. The van der Waals surface area contributed by atoms with Gasteiger partial charge in [0, 0.05) is 6.54 Å². The van der Waals surface area contributed by atoms with Crippen LogP contribution in [0, 0.1) is 17.0 Å². The van der Waals surface area contributed by atoms with Crippen molar-refractivity contribution in [3.05, 3.63) is 21.5 Å². The van der Waals surface area contributed by atoms with Crippen LogP contribution >= 0.6 is 0 Å². The number of carboxylic acid groups (broad SMARTS) is 1. The van der Waals surface area contributed by atoms with Crippen molar-refractivity contribution < 1.29 is 19.6 Å². The number of H-pyrrole nitrogens is 1. The number of carbonyl (C=O) groups is 2. The molecule has 0 aromatic carbocycles. The molecule has 9 heteroatoms. The quantitative estimate of drug-likeness (QED) is 0.599. The van der Waals surface area contributed by atoms with Crippen LogP contribution in [-0.2, 0) is 4.79 Å². The largest absolute Gasteiger partial charge is 0.480 e. The smallest absolute Gasteiger partial charge is 0.326 e. The Bertz CT molecular complexity index is 552. The number of nitrogens with zero attached hydrogens (tertiary/aromatic N) is 3. The minimum atomic E-state index is -1.11. The maximum atomic E-state index is 12.2. The second kappa shape index (κ2) is 4.67. The zero-order valence-corrected chi connectivity index (χ0v) is 10.1. The van der Waals surface area contributed by atoms with Gasteiger partial charge in [0.1, 0.15) is 11.7 Å². The number of hydrogen-bond acceptors (Lipinski definition) is 5. The molecule has 2 heterocycles. The Morgan fingerprint density at radius 1 is 1.58 bits per heavy atom. The molecule has 1 atom stereocenters. The molecular formula is C10H12N4O5. The van der Waals surface area contributed by atoms with Crippen LogP contribution in [0.4, 0.5) is 5.69 Å². The molecule has 0 saturated carbocycles. The SMILES string of the molecule is Cc1[nH]nc(C(=O)N2CCCC2C(=O)O)c1[N+](=O)[O-]. The highest BCUT2D eigenvalue weighted by molar-refractivity contribution is 5.98. The molecule has 0 spiro atoms. The summed E-state index contributed by atoms with van der Waals surface area (Å²) in [5.41, 5.74) is -0.573. The van der Waals surface area contributed by atoms with Crippen LogP contribution in [0.25, 0.3) is 0 Å². The number of aryl methyl sites for hydroxylation is 1. The fourth-order valence-corrected chi connectivity index (χ4v) is 2.20. The molecule has 0 radical (unpaired) electrons. The number of amides is 1. The molecule has 1 fully saturated rings. The normalized spacial score (nSPS) is 18.6. The zero-order valence-electron chi connectivity index (χ0n) is 10.1. The van der Waals surface area contributed by atoms with E-state index in [0.29, 0.717) is 12.8 Å². The highest BCUT2D eigenvalue weighted by Gasteiger charge is 2.38. The van der Waals surface area contributed by atoms with Crippen molar-refractivity contribution in [1.29, 1.82) is 0 Å². The topological polar surface area (TPSA) is 129 Å². The lowest BCUT2D eigenvalue weighted by Crippen LogP contribution is -2.40. The second-order valence-corrected chi connectivity index (χ2v) is 4.30. The van der Waals surface area contributed by atoms with E-state index in [1.54, 1.807) is 0 Å². The fraction of sp³-hybridized carbons (Fsp3) is 0.500. The first-order valence-corrected chi connectivity index (χ1v) is 5.66. The van der Waals surface area contributed by atoms with E-state index in [1.165, 1.54) is 6.92 Å². The third-order valence-corrected chi connectivity index (χ3v) is 3.10. The molecule has 1 aliphatic rings. The molecule has 1 aromatic rings. The zero-order chi connectivity index (χ0) is 14.2. The lowest BCUT2D eigenvalue weighted by atomic mass is 10.2. The number of nitro groups is 1. The van der Waals surface area contributed by atoms with E-state index < -0.39 is 28.5 Å². The van der Waals surface area contributed by atoms with Crippen molar-refractivity contribution >= 4 is 17.6 Å². The van der Waals surface area contributed by atoms with Crippen LogP contribution in [0.5, 0.6) is 0 Å². The minimum Gasteiger partial charge on any atom is -0.480 e. The Hall–Kier alpha value is -2.45. The predicted molar refractivity (Wildman–Crippen MR) is 61.7 cm³/mol. The molecule has 1 amide bonds.